The molecule has 0 aromatic rings. The first-order chi connectivity index (χ1) is 6.22. The Morgan fingerprint density at radius 2 is 2.23 bits per heavy atom. The summed E-state index contributed by atoms with van der Waals surface area (Å²) in [5.41, 5.74) is 0. The highest BCUT2D eigenvalue weighted by Crippen LogP contribution is 1.85. The zero-order valence-corrected chi connectivity index (χ0v) is 8.02. The lowest BCUT2D eigenvalue weighted by molar-refractivity contribution is -0.0278. The summed E-state index contributed by atoms with van der Waals surface area (Å²) in [6.45, 7) is 0.425. The number of methoxy groups -OCH3 is 2. The Morgan fingerprint density at radius 3 is 2.77 bits per heavy atom. The second kappa shape index (κ2) is 7.35. The number of ether oxygens (including phenoxy) is 2. The van der Waals surface area contributed by atoms with E-state index in [4.69, 9.17) is 0 Å². The molecule has 0 saturated heterocycles. The molecule has 6 heteroatoms. The zero-order valence-electron chi connectivity index (χ0n) is 8.02. The molecule has 0 spiro atoms. The average molecular weight is 190 g/mol. The molecule has 0 bridgehead atoms. The molecule has 0 saturated carbocycles. The second-order valence-electron chi connectivity index (χ2n) is 2.17. The third-order valence-electron chi connectivity index (χ3n) is 1.16. The van der Waals surface area contributed by atoms with Gasteiger partial charge in [-0.1, -0.05) is 5.16 Å². The molecule has 1 amide bonds. The van der Waals surface area contributed by atoms with Crippen LogP contribution in [0.15, 0.2) is 5.16 Å². The first kappa shape index (κ1) is 11.7. The van der Waals surface area contributed by atoms with E-state index in [0.717, 1.165) is 0 Å². The van der Waals surface area contributed by atoms with Crippen LogP contribution in [0.25, 0.3) is 0 Å². The number of rotatable bonds is 5. The summed E-state index contributed by atoms with van der Waals surface area (Å²) < 4.78 is 9.03. The molecule has 0 atom stereocenters. The minimum atomic E-state index is -0.418. The molecule has 0 rings (SSSR count). The molecule has 0 aliphatic heterocycles. The van der Waals surface area contributed by atoms with Crippen molar-refractivity contribution in [1.82, 2.24) is 4.90 Å². The highest BCUT2D eigenvalue weighted by atomic mass is 16.7. The van der Waals surface area contributed by atoms with E-state index in [9.17, 15) is 4.79 Å². The summed E-state index contributed by atoms with van der Waals surface area (Å²) in [6.07, 6.45) is 1.02. The van der Waals surface area contributed by atoms with Gasteiger partial charge in [0.05, 0.1) is 19.9 Å². The van der Waals surface area contributed by atoms with Crippen molar-refractivity contribution in [3.63, 3.8) is 0 Å². The van der Waals surface area contributed by atoms with Crippen LogP contribution in [-0.4, -0.2) is 51.8 Å². The van der Waals surface area contributed by atoms with Gasteiger partial charge in [-0.3, -0.25) is 0 Å². The Hall–Kier alpha value is -1.30. The molecule has 0 radical (unpaired) electrons. The first-order valence-electron chi connectivity index (χ1n) is 3.64. The fourth-order valence-electron chi connectivity index (χ4n) is 0.522. The van der Waals surface area contributed by atoms with Gasteiger partial charge in [-0.2, -0.15) is 0 Å². The van der Waals surface area contributed by atoms with Crippen molar-refractivity contribution in [2.75, 3.05) is 34.6 Å². The van der Waals surface area contributed by atoms with Gasteiger partial charge in [-0.05, 0) is 0 Å². The summed E-state index contributed by atoms with van der Waals surface area (Å²) in [5.74, 6) is 0. The van der Waals surface area contributed by atoms with Gasteiger partial charge < -0.3 is 19.2 Å². The average Bonchev–Trinajstić information content (AvgIpc) is 2.16. The predicted molar refractivity (Wildman–Crippen MR) is 46.5 cm³/mol. The van der Waals surface area contributed by atoms with Crippen LogP contribution in [-0.2, 0) is 14.3 Å². The lowest BCUT2D eigenvalue weighted by atomic mass is 10.6. The summed E-state index contributed by atoms with van der Waals surface area (Å²) >= 11 is 0. The Balaban J connectivity index is 3.51. The van der Waals surface area contributed by atoms with Crippen LogP contribution < -0.4 is 0 Å². The molecular formula is C7H14N2O4. The van der Waals surface area contributed by atoms with Gasteiger partial charge in [-0.25, -0.2) is 4.79 Å². The smallest absolute Gasteiger partial charge is 0.409 e. The van der Waals surface area contributed by atoms with E-state index in [1.54, 1.807) is 7.05 Å². The number of nitrogens with zero attached hydrogens (tertiary/aromatic N) is 2. The fourth-order valence-corrected chi connectivity index (χ4v) is 0.522. The molecular weight excluding hydrogens is 176 g/mol. The molecule has 0 aliphatic rings. The lowest BCUT2D eigenvalue weighted by Gasteiger charge is -2.11. The first-order valence-corrected chi connectivity index (χ1v) is 3.64. The Kier molecular flexibility index (Phi) is 6.62. The van der Waals surface area contributed by atoms with Crippen LogP contribution in [0.5, 0.6) is 0 Å². The quantitative estimate of drug-likeness (QED) is 0.270. The third-order valence-corrected chi connectivity index (χ3v) is 1.16. The third kappa shape index (κ3) is 5.92. The Morgan fingerprint density at radius 1 is 1.54 bits per heavy atom. The number of hydrogen-bond acceptors (Lipinski definition) is 5. The largest absolute Gasteiger partial charge is 0.453 e. The van der Waals surface area contributed by atoms with Crippen molar-refractivity contribution in [2.24, 2.45) is 5.16 Å². The Bertz CT molecular complexity index is 172. The van der Waals surface area contributed by atoms with Gasteiger partial charge in [0.2, 0.25) is 6.79 Å². The van der Waals surface area contributed by atoms with Crippen molar-refractivity contribution in [3.05, 3.63) is 0 Å². The molecule has 0 N–H and O–H groups in total. The number of carbonyl (C=O) groups is 1. The molecule has 13 heavy (non-hydrogen) atoms. The minimum Gasteiger partial charge on any atom is -0.453 e. The zero-order chi connectivity index (χ0) is 10.1. The summed E-state index contributed by atoms with van der Waals surface area (Å²) in [6, 6.07) is 0. The monoisotopic (exact) mass is 190 g/mol. The molecule has 0 unspecified atom stereocenters. The number of oxime groups is 1. The van der Waals surface area contributed by atoms with Crippen LogP contribution in [0.1, 0.15) is 0 Å². The van der Waals surface area contributed by atoms with Gasteiger partial charge in [0, 0.05) is 14.2 Å². The summed E-state index contributed by atoms with van der Waals surface area (Å²) in [5, 5.41) is 3.52. The van der Waals surface area contributed by atoms with Crippen LogP contribution in [0.4, 0.5) is 4.79 Å². The van der Waals surface area contributed by atoms with E-state index in [1.807, 2.05) is 0 Å². The number of carbonyl (C=O) groups excluding carboxylic acids is 1. The maximum absolute atomic E-state index is 10.8. The standard InChI is InChI=1S/C7H14N2O4/c1-9(7(10)12-3)5-4-8-13-6-11-2/h4H,5-6H2,1-3H3/b8-4+. The summed E-state index contributed by atoms with van der Waals surface area (Å²) in [7, 11) is 4.40. The van der Waals surface area contributed by atoms with E-state index < -0.39 is 6.09 Å². The van der Waals surface area contributed by atoms with Crippen LogP contribution in [0.2, 0.25) is 0 Å². The highest BCUT2D eigenvalue weighted by Gasteiger charge is 2.04. The SMILES string of the molecule is COCO/N=C/CN(C)C(=O)OC. The van der Waals surface area contributed by atoms with Gasteiger partial charge in [0.15, 0.2) is 0 Å². The van der Waals surface area contributed by atoms with Gasteiger partial charge in [0.1, 0.15) is 0 Å². The van der Waals surface area contributed by atoms with E-state index in [2.05, 4.69) is 19.5 Å². The topological polar surface area (TPSA) is 60.4 Å². The van der Waals surface area contributed by atoms with E-state index in [1.165, 1.54) is 25.3 Å². The van der Waals surface area contributed by atoms with Crippen molar-refractivity contribution in [3.8, 4) is 0 Å². The number of hydrogen-bond donors (Lipinski definition) is 0. The molecule has 0 aliphatic carbocycles. The molecule has 0 aromatic carbocycles. The maximum Gasteiger partial charge on any atom is 0.409 e. The van der Waals surface area contributed by atoms with E-state index >= 15 is 0 Å². The second-order valence-corrected chi connectivity index (χ2v) is 2.17. The lowest BCUT2D eigenvalue weighted by Crippen LogP contribution is -2.28. The summed E-state index contributed by atoms with van der Waals surface area (Å²) in [4.78, 5) is 16.8. The molecule has 0 fully saturated rings. The predicted octanol–water partition coefficient (Wildman–Crippen LogP) is 0.291. The normalized spacial score (nSPS) is 10.1. The van der Waals surface area contributed by atoms with Gasteiger partial charge >= 0.3 is 6.09 Å². The fraction of sp³-hybridized carbons (Fsp3) is 0.714. The molecule has 0 aromatic heterocycles. The van der Waals surface area contributed by atoms with Crippen molar-refractivity contribution < 1.29 is 19.1 Å². The number of amides is 1. The molecule has 76 valence electrons. The van der Waals surface area contributed by atoms with Crippen LogP contribution >= 0.6 is 0 Å². The van der Waals surface area contributed by atoms with Crippen LogP contribution in [0.3, 0.4) is 0 Å². The van der Waals surface area contributed by atoms with Crippen LogP contribution in [0, 0.1) is 0 Å². The molecule has 6 nitrogen and oxygen atoms in total. The Labute approximate surface area is 77.0 Å². The maximum atomic E-state index is 10.8. The minimum absolute atomic E-state index is 0.0957. The van der Waals surface area contributed by atoms with E-state index in [0.29, 0.717) is 6.54 Å². The van der Waals surface area contributed by atoms with Gasteiger partial charge in [-0.15, -0.1) is 0 Å². The van der Waals surface area contributed by atoms with Crippen molar-refractivity contribution in [1.29, 1.82) is 0 Å². The van der Waals surface area contributed by atoms with E-state index in [-0.39, 0.29) is 6.79 Å². The van der Waals surface area contributed by atoms with Crippen molar-refractivity contribution >= 4 is 12.3 Å². The van der Waals surface area contributed by atoms with Gasteiger partial charge in [0.25, 0.3) is 0 Å². The highest BCUT2D eigenvalue weighted by molar-refractivity contribution is 5.72. The van der Waals surface area contributed by atoms with Crippen molar-refractivity contribution in [2.45, 2.75) is 0 Å². The molecule has 0 heterocycles.